The summed E-state index contributed by atoms with van der Waals surface area (Å²) in [5.74, 6) is -0.403. The first-order valence-electron chi connectivity index (χ1n) is 20.7. The van der Waals surface area contributed by atoms with Gasteiger partial charge in [0.1, 0.15) is 19.8 Å². The first-order chi connectivity index (χ1) is 25.6. The van der Waals surface area contributed by atoms with Crippen molar-refractivity contribution in [2.45, 2.75) is 155 Å². The van der Waals surface area contributed by atoms with Crippen molar-refractivity contribution in [1.29, 1.82) is 0 Å². The molecule has 306 valence electrons. The number of likely N-dealkylation sites (N-methyl/N-ethyl adjacent to an activating group) is 1. The van der Waals surface area contributed by atoms with Crippen LogP contribution < -0.4 is 4.89 Å². The highest BCUT2D eigenvalue weighted by atomic mass is 31.2. The van der Waals surface area contributed by atoms with E-state index in [9.17, 15) is 14.3 Å². The Labute approximate surface area is 325 Å². The average Bonchev–Trinajstić information content (AvgIpc) is 3.11. The second-order valence-electron chi connectivity index (χ2n) is 14.7. The Morgan fingerprint density at radius 3 is 1.68 bits per heavy atom. The summed E-state index contributed by atoms with van der Waals surface area (Å²) in [6.07, 6.45) is 47.2. The molecule has 1 unspecified atom stereocenters. The summed E-state index contributed by atoms with van der Waals surface area (Å²) in [6.45, 7) is 4.53. The van der Waals surface area contributed by atoms with Gasteiger partial charge in [0.05, 0.1) is 34.0 Å². The topological polar surface area (TPSA) is 94.1 Å². The van der Waals surface area contributed by atoms with Gasteiger partial charge in [-0.05, 0) is 89.5 Å². The molecule has 0 spiro atoms. The molecule has 0 bridgehead atoms. The fourth-order valence-electron chi connectivity index (χ4n) is 5.08. The smallest absolute Gasteiger partial charge is 0.306 e. The van der Waals surface area contributed by atoms with Crippen LogP contribution in [0.4, 0.5) is 0 Å². The molecule has 0 aromatic rings. The molecule has 9 heteroatoms. The van der Waals surface area contributed by atoms with Crippen molar-refractivity contribution in [3.05, 3.63) is 73.1 Å². The van der Waals surface area contributed by atoms with E-state index in [1.165, 1.54) is 64.2 Å². The molecule has 0 saturated carbocycles. The van der Waals surface area contributed by atoms with Crippen LogP contribution in [0.25, 0.3) is 0 Å². The molecule has 0 rings (SSSR count). The summed E-state index contributed by atoms with van der Waals surface area (Å²) in [4.78, 5) is 25.0. The number of phosphoric ester groups is 1. The first kappa shape index (κ1) is 50.8. The van der Waals surface area contributed by atoms with Crippen LogP contribution in [0.2, 0.25) is 0 Å². The number of carbonyl (C=O) groups excluding carboxylic acids is 1. The maximum atomic E-state index is 12.6. The highest BCUT2D eigenvalue weighted by Gasteiger charge is 2.20. The van der Waals surface area contributed by atoms with E-state index in [0.717, 1.165) is 57.8 Å². The van der Waals surface area contributed by atoms with Crippen molar-refractivity contribution in [2.24, 2.45) is 0 Å². The molecule has 0 aliphatic rings. The molecule has 2 atom stereocenters. The number of carbonyl (C=O) groups is 1. The van der Waals surface area contributed by atoms with Crippen LogP contribution >= 0.6 is 7.82 Å². The molecule has 8 nitrogen and oxygen atoms in total. The fourth-order valence-corrected chi connectivity index (χ4v) is 5.81. The van der Waals surface area contributed by atoms with Gasteiger partial charge < -0.3 is 27.9 Å². The molecule has 0 fully saturated rings. The molecule has 0 heterocycles. The molecule has 0 aliphatic heterocycles. The molecule has 0 aromatic carbocycles. The maximum Gasteiger partial charge on any atom is 0.306 e. The van der Waals surface area contributed by atoms with Gasteiger partial charge in [-0.3, -0.25) is 9.36 Å². The quantitative estimate of drug-likeness (QED) is 0.0155. The minimum absolute atomic E-state index is 0.00318. The predicted molar refractivity (Wildman–Crippen MR) is 221 cm³/mol. The molecule has 0 N–H and O–H groups in total. The predicted octanol–water partition coefficient (Wildman–Crippen LogP) is 11.6. The van der Waals surface area contributed by atoms with E-state index in [1.54, 1.807) is 6.26 Å². The largest absolute Gasteiger partial charge is 0.756 e. The summed E-state index contributed by atoms with van der Waals surface area (Å²) in [5.41, 5.74) is 0. The van der Waals surface area contributed by atoms with Crippen LogP contribution in [-0.4, -0.2) is 64.1 Å². The second kappa shape index (κ2) is 36.7. The highest BCUT2D eigenvalue weighted by molar-refractivity contribution is 7.45. The van der Waals surface area contributed by atoms with Crippen molar-refractivity contribution < 1.29 is 37.3 Å². The van der Waals surface area contributed by atoms with Crippen LogP contribution in [0, 0.1) is 0 Å². The van der Waals surface area contributed by atoms with Crippen LogP contribution in [0.5, 0.6) is 0 Å². The third-order valence-corrected chi connectivity index (χ3v) is 9.27. The SMILES string of the molecule is CC/C=C\C/C=C\C/C=C\C/C=C\CCCCC(=O)O[C@H](CO/C=C\CCCCCC/C=C\CCCCCCCC)COP(=O)([O-])OCC[N+](C)(C)C. The number of quaternary nitrogens is 1. The second-order valence-corrected chi connectivity index (χ2v) is 16.1. The normalized spacial score (nSPS) is 14.5. The molecule has 0 aromatic heterocycles. The lowest BCUT2D eigenvalue weighted by Crippen LogP contribution is -2.37. The van der Waals surface area contributed by atoms with Crippen LogP contribution in [0.15, 0.2) is 73.1 Å². The number of rotatable bonds is 37. The number of unbranched alkanes of at least 4 members (excludes halogenated alkanes) is 13. The first-order valence-corrected chi connectivity index (χ1v) is 22.2. The number of hydrogen-bond donors (Lipinski definition) is 0. The Kier molecular flexibility index (Phi) is 35.2. The molecule has 0 aliphatic carbocycles. The van der Waals surface area contributed by atoms with E-state index in [2.05, 4.69) is 74.6 Å². The van der Waals surface area contributed by atoms with E-state index < -0.39 is 19.9 Å². The van der Waals surface area contributed by atoms with Gasteiger partial charge in [-0.1, -0.05) is 120 Å². The van der Waals surface area contributed by atoms with E-state index in [-0.39, 0.29) is 26.2 Å². The molecular formula is C44H78NO7P. The highest BCUT2D eigenvalue weighted by Crippen LogP contribution is 2.38. The minimum atomic E-state index is -4.56. The number of allylic oxidation sites excluding steroid dienone is 11. The Morgan fingerprint density at radius 1 is 0.623 bits per heavy atom. The van der Waals surface area contributed by atoms with Gasteiger partial charge in [0, 0.05) is 6.42 Å². The summed E-state index contributed by atoms with van der Waals surface area (Å²) in [7, 11) is 1.28. The fraction of sp³-hybridized carbons (Fsp3) is 0.705. The summed E-state index contributed by atoms with van der Waals surface area (Å²) < 4.78 is 34.2. The zero-order valence-corrected chi connectivity index (χ0v) is 35.3. The van der Waals surface area contributed by atoms with Crippen molar-refractivity contribution in [3.63, 3.8) is 0 Å². The van der Waals surface area contributed by atoms with Crippen molar-refractivity contribution in [2.75, 3.05) is 47.5 Å². The molecular weight excluding hydrogens is 685 g/mol. The van der Waals surface area contributed by atoms with Gasteiger partial charge in [0.2, 0.25) is 0 Å². The Hall–Kier alpha value is -2.22. The van der Waals surface area contributed by atoms with E-state index in [4.69, 9.17) is 18.5 Å². The maximum absolute atomic E-state index is 12.6. The van der Waals surface area contributed by atoms with Gasteiger partial charge in [0.25, 0.3) is 7.82 Å². The molecule has 0 saturated heterocycles. The van der Waals surface area contributed by atoms with Crippen molar-refractivity contribution in [1.82, 2.24) is 0 Å². The van der Waals surface area contributed by atoms with Gasteiger partial charge in [-0.15, -0.1) is 0 Å². The molecule has 53 heavy (non-hydrogen) atoms. The number of phosphoric acid groups is 1. The van der Waals surface area contributed by atoms with Crippen LogP contribution in [-0.2, 0) is 27.9 Å². The van der Waals surface area contributed by atoms with Gasteiger partial charge in [-0.2, -0.15) is 0 Å². The summed E-state index contributed by atoms with van der Waals surface area (Å²) in [6, 6.07) is 0. The zero-order chi connectivity index (χ0) is 39.1. The minimum Gasteiger partial charge on any atom is -0.756 e. The van der Waals surface area contributed by atoms with Gasteiger partial charge in [-0.25, -0.2) is 0 Å². The number of esters is 1. The Balaban J connectivity index is 4.43. The van der Waals surface area contributed by atoms with Crippen molar-refractivity contribution >= 4 is 13.8 Å². The van der Waals surface area contributed by atoms with Crippen LogP contribution in [0.1, 0.15) is 149 Å². The van der Waals surface area contributed by atoms with Crippen LogP contribution in [0.3, 0.4) is 0 Å². The molecule has 0 amide bonds. The van der Waals surface area contributed by atoms with E-state index in [0.29, 0.717) is 17.4 Å². The van der Waals surface area contributed by atoms with E-state index >= 15 is 0 Å². The summed E-state index contributed by atoms with van der Waals surface area (Å²) in [5, 5.41) is 0. The lowest BCUT2D eigenvalue weighted by molar-refractivity contribution is -0.870. The standard InChI is InChI=1S/C44H78NO7P/c1-6-8-10-12-14-16-18-20-22-24-26-28-30-32-34-36-39-49-41-43(42-51-53(47,48)50-40-38-45(3,4)5)52-44(46)37-35-33-31-29-27-25-23-21-19-17-15-13-11-9-7-2/h9,11,15,17,20-23,27,29,36,39,43H,6-8,10,12-14,16,18-19,24-26,28,30-35,37-38,40-42H2,1-5H3/b11-9-,17-15-,22-20-,23-21-,29-27-,39-36-/t43-/m1/s1. The number of nitrogens with zero attached hydrogens (tertiary/aromatic N) is 1. The van der Waals surface area contributed by atoms with Gasteiger partial charge >= 0.3 is 5.97 Å². The lowest BCUT2D eigenvalue weighted by Gasteiger charge is -2.28. The lowest BCUT2D eigenvalue weighted by atomic mass is 10.1. The average molecular weight is 764 g/mol. The third-order valence-electron chi connectivity index (χ3n) is 8.31. The number of ether oxygens (including phenoxy) is 2. The monoisotopic (exact) mass is 764 g/mol. The van der Waals surface area contributed by atoms with E-state index in [1.807, 2.05) is 27.2 Å². The molecule has 0 radical (unpaired) electrons. The Bertz CT molecular complexity index is 1070. The summed E-state index contributed by atoms with van der Waals surface area (Å²) >= 11 is 0. The third kappa shape index (κ3) is 40.8. The zero-order valence-electron chi connectivity index (χ0n) is 34.4. The Morgan fingerprint density at radius 2 is 1.11 bits per heavy atom. The number of hydrogen-bond acceptors (Lipinski definition) is 7. The van der Waals surface area contributed by atoms with Crippen molar-refractivity contribution in [3.8, 4) is 0 Å². The van der Waals surface area contributed by atoms with Gasteiger partial charge in [0.15, 0.2) is 6.10 Å².